The molecular formula is C22H29N7O7S. The van der Waals surface area contributed by atoms with Crippen molar-refractivity contribution in [2.75, 3.05) is 5.75 Å². The number of amides is 4. The number of imidazole rings is 1. The molecule has 4 amide bonds. The van der Waals surface area contributed by atoms with Crippen LogP contribution in [0.15, 0.2) is 36.8 Å². The third kappa shape index (κ3) is 9.46. The third-order valence-corrected chi connectivity index (χ3v) is 5.54. The number of carbonyl (C=O) groups is 5. The number of phenols is 1. The Bertz CT molecular complexity index is 1100. The number of nitrogens with two attached hydrogens (primary N) is 2. The van der Waals surface area contributed by atoms with Crippen molar-refractivity contribution < 1.29 is 34.2 Å². The van der Waals surface area contributed by atoms with E-state index in [1.54, 1.807) is 12.1 Å². The summed E-state index contributed by atoms with van der Waals surface area (Å²) in [6, 6.07) is 1.02. The van der Waals surface area contributed by atoms with Gasteiger partial charge in [0.25, 0.3) is 0 Å². The standard InChI is InChI=1S/C22H29N7O7S/c23-14(5-11-1-3-13(30)4-2-11)19(32)27-15(6-12-8-25-10-26-12)20(33)29-17(9-37)21(34)28-16(22(35)36)7-18(24)31/h1-4,8,10,14-17,30,37H,5-7,9,23H2,(H2,24,31)(H,25,26)(H,27,32)(H,28,34)(H,29,33)(H,35,36). The van der Waals surface area contributed by atoms with Crippen molar-refractivity contribution in [3.05, 3.63) is 48.0 Å². The number of primary amides is 1. The van der Waals surface area contributed by atoms with Crippen LogP contribution >= 0.6 is 12.6 Å². The maximum atomic E-state index is 13.1. The number of carboxylic acid groups (broad SMARTS) is 1. The van der Waals surface area contributed by atoms with Gasteiger partial charge in [0.1, 0.15) is 23.9 Å². The molecule has 2 rings (SSSR count). The van der Waals surface area contributed by atoms with Crippen molar-refractivity contribution in [2.24, 2.45) is 11.5 Å². The highest BCUT2D eigenvalue weighted by molar-refractivity contribution is 7.80. The molecule has 200 valence electrons. The molecule has 37 heavy (non-hydrogen) atoms. The molecule has 0 aliphatic heterocycles. The number of hydrogen-bond acceptors (Lipinski definition) is 9. The number of carboxylic acids is 1. The smallest absolute Gasteiger partial charge is 0.326 e. The quantitative estimate of drug-likeness (QED) is 0.117. The number of aromatic nitrogens is 2. The molecule has 1 heterocycles. The van der Waals surface area contributed by atoms with Crippen molar-refractivity contribution in [1.82, 2.24) is 25.9 Å². The third-order valence-electron chi connectivity index (χ3n) is 5.18. The fraction of sp³-hybridized carbons (Fsp3) is 0.364. The lowest BCUT2D eigenvalue weighted by molar-refractivity contribution is -0.143. The minimum absolute atomic E-state index is 0.0240. The van der Waals surface area contributed by atoms with Crippen molar-refractivity contribution in [3.8, 4) is 5.75 Å². The topological polar surface area (TPSA) is 243 Å². The lowest BCUT2D eigenvalue weighted by atomic mass is 10.0. The van der Waals surface area contributed by atoms with E-state index in [1.807, 2.05) is 0 Å². The van der Waals surface area contributed by atoms with Gasteiger partial charge >= 0.3 is 5.97 Å². The minimum Gasteiger partial charge on any atom is -0.508 e. The molecule has 1 aromatic carbocycles. The molecule has 4 unspecified atom stereocenters. The monoisotopic (exact) mass is 535 g/mol. The Morgan fingerprint density at radius 3 is 2.08 bits per heavy atom. The molecular weight excluding hydrogens is 506 g/mol. The lowest BCUT2D eigenvalue weighted by Gasteiger charge is -2.24. The van der Waals surface area contributed by atoms with Gasteiger partial charge in [-0.05, 0) is 24.1 Å². The van der Waals surface area contributed by atoms with Gasteiger partial charge in [-0.25, -0.2) is 9.78 Å². The van der Waals surface area contributed by atoms with Gasteiger partial charge in [0.05, 0.1) is 18.8 Å². The van der Waals surface area contributed by atoms with Crippen molar-refractivity contribution in [2.45, 2.75) is 43.4 Å². The predicted octanol–water partition coefficient (Wildman–Crippen LogP) is -2.43. The molecule has 10 N–H and O–H groups in total. The van der Waals surface area contributed by atoms with Crippen LogP contribution in [0, 0.1) is 0 Å². The molecule has 2 aromatic rings. The number of thiol groups is 1. The number of H-pyrrole nitrogens is 1. The second-order valence-corrected chi connectivity index (χ2v) is 8.50. The van der Waals surface area contributed by atoms with Crippen LogP contribution in [0.25, 0.3) is 0 Å². The average Bonchev–Trinajstić information content (AvgIpc) is 3.35. The van der Waals surface area contributed by atoms with E-state index in [0.29, 0.717) is 11.3 Å². The summed E-state index contributed by atoms with van der Waals surface area (Å²) in [4.78, 5) is 67.5. The first-order chi connectivity index (χ1) is 17.5. The highest BCUT2D eigenvalue weighted by Crippen LogP contribution is 2.11. The molecule has 0 saturated heterocycles. The molecule has 15 heteroatoms. The van der Waals surface area contributed by atoms with E-state index in [4.69, 9.17) is 11.5 Å². The molecule has 1 aromatic heterocycles. The summed E-state index contributed by atoms with van der Waals surface area (Å²) in [5.74, 6) is -4.90. The molecule has 0 aliphatic carbocycles. The summed E-state index contributed by atoms with van der Waals surface area (Å²) in [5, 5.41) is 25.7. The van der Waals surface area contributed by atoms with E-state index >= 15 is 0 Å². The van der Waals surface area contributed by atoms with Gasteiger partial charge in [0.15, 0.2) is 0 Å². The first kappa shape index (κ1) is 29.1. The van der Waals surface area contributed by atoms with Crippen LogP contribution in [-0.4, -0.2) is 79.7 Å². The molecule has 0 bridgehead atoms. The number of phenolic OH excluding ortho intramolecular Hbond substituents is 1. The fourth-order valence-corrected chi connectivity index (χ4v) is 3.48. The minimum atomic E-state index is -1.59. The molecule has 14 nitrogen and oxygen atoms in total. The van der Waals surface area contributed by atoms with Gasteiger partial charge in [-0.1, -0.05) is 12.1 Å². The van der Waals surface area contributed by atoms with Gasteiger partial charge < -0.3 is 42.6 Å². The summed E-state index contributed by atoms with van der Waals surface area (Å²) in [6.45, 7) is 0. The van der Waals surface area contributed by atoms with Crippen LogP contribution in [0.3, 0.4) is 0 Å². The van der Waals surface area contributed by atoms with Crippen LogP contribution in [0.4, 0.5) is 0 Å². The highest BCUT2D eigenvalue weighted by Gasteiger charge is 2.30. The van der Waals surface area contributed by atoms with E-state index in [2.05, 4.69) is 38.5 Å². The van der Waals surface area contributed by atoms with Crippen molar-refractivity contribution in [1.29, 1.82) is 0 Å². The number of rotatable bonds is 14. The molecule has 0 saturated carbocycles. The number of nitrogens with zero attached hydrogens (tertiary/aromatic N) is 1. The summed E-state index contributed by atoms with van der Waals surface area (Å²) < 4.78 is 0. The molecule has 0 aliphatic rings. The lowest BCUT2D eigenvalue weighted by Crippen LogP contribution is -2.58. The Hall–Kier alpha value is -4.11. The summed E-state index contributed by atoms with van der Waals surface area (Å²) in [6.07, 6.45) is 2.29. The number of nitrogens with one attached hydrogen (secondary N) is 4. The van der Waals surface area contributed by atoms with Crippen LogP contribution in [0.1, 0.15) is 17.7 Å². The zero-order chi connectivity index (χ0) is 27.5. The summed E-state index contributed by atoms with van der Waals surface area (Å²) in [5.41, 5.74) is 12.2. The highest BCUT2D eigenvalue weighted by atomic mass is 32.1. The normalized spacial score (nSPS) is 14.0. The first-order valence-corrected chi connectivity index (χ1v) is 11.7. The molecule has 4 atom stereocenters. The zero-order valence-corrected chi connectivity index (χ0v) is 20.5. The van der Waals surface area contributed by atoms with E-state index in [0.717, 1.165) is 0 Å². The number of aliphatic carboxylic acids is 1. The molecule has 0 fully saturated rings. The van der Waals surface area contributed by atoms with Crippen molar-refractivity contribution >= 4 is 42.2 Å². The Balaban J connectivity index is 2.10. The predicted molar refractivity (Wildman–Crippen MR) is 133 cm³/mol. The molecule has 0 radical (unpaired) electrons. The van der Waals surface area contributed by atoms with Crippen LogP contribution in [0.2, 0.25) is 0 Å². The summed E-state index contributed by atoms with van der Waals surface area (Å²) >= 11 is 4.04. The van der Waals surface area contributed by atoms with E-state index in [1.165, 1.54) is 24.7 Å². The van der Waals surface area contributed by atoms with Crippen molar-refractivity contribution in [3.63, 3.8) is 0 Å². The Labute approximate surface area is 217 Å². The number of aromatic hydroxyl groups is 1. The van der Waals surface area contributed by atoms with E-state index in [-0.39, 0.29) is 24.3 Å². The Morgan fingerprint density at radius 1 is 0.946 bits per heavy atom. The van der Waals surface area contributed by atoms with Crippen LogP contribution < -0.4 is 27.4 Å². The van der Waals surface area contributed by atoms with Gasteiger partial charge in [0, 0.05) is 24.1 Å². The van der Waals surface area contributed by atoms with Gasteiger partial charge in [-0.3, -0.25) is 19.2 Å². The van der Waals surface area contributed by atoms with Gasteiger partial charge in [0.2, 0.25) is 23.6 Å². The SMILES string of the molecule is NC(=O)CC(NC(=O)C(CS)NC(=O)C(Cc1cnc[nH]1)NC(=O)C(N)Cc1ccc(O)cc1)C(=O)O. The molecule has 0 spiro atoms. The van der Waals surface area contributed by atoms with E-state index < -0.39 is 60.2 Å². The second kappa shape index (κ2) is 13.8. The average molecular weight is 536 g/mol. The maximum absolute atomic E-state index is 13.1. The number of carbonyl (C=O) groups excluding carboxylic acids is 4. The first-order valence-electron chi connectivity index (χ1n) is 11.0. The Morgan fingerprint density at radius 2 is 1.54 bits per heavy atom. The zero-order valence-electron chi connectivity index (χ0n) is 19.6. The maximum Gasteiger partial charge on any atom is 0.326 e. The Kier molecular flexibility index (Phi) is 10.9. The number of hydrogen-bond donors (Lipinski definition) is 9. The fourth-order valence-electron chi connectivity index (χ4n) is 3.22. The van der Waals surface area contributed by atoms with E-state index in [9.17, 15) is 34.2 Å². The van der Waals surface area contributed by atoms with Crippen LogP contribution in [0.5, 0.6) is 5.75 Å². The largest absolute Gasteiger partial charge is 0.508 e. The number of benzene rings is 1. The van der Waals surface area contributed by atoms with Gasteiger partial charge in [-0.15, -0.1) is 0 Å². The summed E-state index contributed by atoms with van der Waals surface area (Å²) in [7, 11) is 0. The van der Waals surface area contributed by atoms with Gasteiger partial charge in [-0.2, -0.15) is 12.6 Å². The second-order valence-electron chi connectivity index (χ2n) is 8.13. The van der Waals surface area contributed by atoms with Crippen LogP contribution in [-0.2, 0) is 36.8 Å². The number of aromatic amines is 1.